The van der Waals surface area contributed by atoms with Crippen molar-refractivity contribution in [3.05, 3.63) is 94.6 Å². The highest BCUT2D eigenvalue weighted by Crippen LogP contribution is 2.18. The Labute approximate surface area is 301 Å². The number of carbonyl (C=O) groups excluding carboxylic acids is 2. The number of primary amides is 1. The van der Waals surface area contributed by atoms with Crippen LogP contribution >= 0.6 is 0 Å². The van der Waals surface area contributed by atoms with Gasteiger partial charge in [0.1, 0.15) is 24.0 Å². The van der Waals surface area contributed by atoms with Gasteiger partial charge in [-0.05, 0) is 74.0 Å². The first-order valence-corrected chi connectivity index (χ1v) is 17.8. The van der Waals surface area contributed by atoms with E-state index in [9.17, 15) is 30.0 Å². The Hall–Kier alpha value is -3.82. The largest absolute Gasteiger partial charge is 0.394 e. The first kappa shape index (κ1) is 41.6. The molecule has 280 valence electrons. The van der Waals surface area contributed by atoms with Gasteiger partial charge in [0.2, 0.25) is 0 Å². The Morgan fingerprint density at radius 1 is 0.882 bits per heavy atom. The van der Waals surface area contributed by atoms with E-state index in [1.165, 1.54) is 17.3 Å². The Kier molecular flexibility index (Phi) is 18.1. The third-order valence-electron chi connectivity index (χ3n) is 9.05. The standard InChI is InChI=1S/C38H56N6O7/c1-3-4-5-8-18-44(24-32(46)35(48)36(49)33(47)25-45)19-17-43-38(51)29-13-11-27(12-14-29)22-40-23-28(20-30-10-7-6-9-26(30)2)21-31-34(37(39)50)42-16-15-41-31/h6-7,9-16,28,32-33,35-36,40,45-49H,3-5,8,17-25H2,1-2H3,(H2,39,50)(H,43,51)/t28-,32-,33-,35-,36-/m1/s1. The minimum atomic E-state index is -1.69. The van der Waals surface area contributed by atoms with Crippen molar-refractivity contribution in [1.82, 2.24) is 25.5 Å². The van der Waals surface area contributed by atoms with Gasteiger partial charge in [-0.2, -0.15) is 0 Å². The Bertz CT molecular complexity index is 1480. The number of aryl methyl sites for hydroxylation is 1. The van der Waals surface area contributed by atoms with Crippen molar-refractivity contribution in [1.29, 1.82) is 0 Å². The van der Waals surface area contributed by atoms with Crippen molar-refractivity contribution in [2.45, 2.75) is 83.3 Å². The van der Waals surface area contributed by atoms with E-state index in [0.29, 0.717) is 50.4 Å². The smallest absolute Gasteiger partial charge is 0.269 e. The third-order valence-corrected chi connectivity index (χ3v) is 9.05. The predicted octanol–water partition coefficient (Wildman–Crippen LogP) is 1.12. The normalized spacial score (nSPS) is 14.5. The molecule has 0 bridgehead atoms. The number of hydrogen-bond acceptors (Lipinski definition) is 11. The van der Waals surface area contributed by atoms with Crippen LogP contribution in [0.3, 0.4) is 0 Å². The van der Waals surface area contributed by atoms with E-state index in [1.54, 1.807) is 18.3 Å². The van der Waals surface area contributed by atoms with Crippen LogP contribution in [0.15, 0.2) is 60.9 Å². The molecule has 0 spiro atoms. The van der Waals surface area contributed by atoms with Gasteiger partial charge < -0.3 is 41.9 Å². The summed E-state index contributed by atoms with van der Waals surface area (Å²) in [5.41, 5.74) is 10.2. The first-order chi connectivity index (χ1) is 24.5. The SMILES string of the molecule is CCCCCCN(CCNC(=O)c1ccc(CNC[C@H](Cc2ccccc2C)Cc2nccnc2C(N)=O)cc1)C[C@@H](O)[C@@H](O)[C@H](O)[C@H](O)CO. The number of aliphatic hydroxyl groups excluding tert-OH is 5. The van der Waals surface area contributed by atoms with E-state index in [2.05, 4.69) is 46.6 Å². The lowest BCUT2D eigenvalue weighted by molar-refractivity contribution is -0.119. The summed E-state index contributed by atoms with van der Waals surface area (Å²) in [7, 11) is 0. The van der Waals surface area contributed by atoms with Gasteiger partial charge in [0.05, 0.1) is 18.4 Å². The molecule has 0 saturated carbocycles. The molecule has 1 aromatic heterocycles. The van der Waals surface area contributed by atoms with Crippen LogP contribution in [0, 0.1) is 12.8 Å². The van der Waals surface area contributed by atoms with Crippen LogP contribution < -0.4 is 16.4 Å². The second-order valence-electron chi connectivity index (χ2n) is 13.2. The number of hydrogen-bond donors (Lipinski definition) is 8. The zero-order valence-corrected chi connectivity index (χ0v) is 29.8. The number of benzene rings is 2. The van der Waals surface area contributed by atoms with Crippen LogP contribution in [0.2, 0.25) is 0 Å². The summed E-state index contributed by atoms with van der Waals surface area (Å²) < 4.78 is 0. The number of nitrogens with zero attached hydrogens (tertiary/aromatic N) is 3. The molecule has 51 heavy (non-hydrogen) atoms. The molecule has 0 saturated heterocycles. The minimum absolute atomic E-state index is 0.0247. The lowest BCUT2D eigenvalue weighted by Crippen LogP contribution is -2.50. The monoisotopic (exact) mass is 708 g/mol. The van der Waals surface area contributed by atoms with Crippen molar-refractivity contribution in [2.24, 2.45) is 11.7 Å². The van der Waals surface area contributed by atoms with E-state index in [-0.39, 0.29) is 24.1 Å². The van der Waals surface area contributed by atoms with Gasteiger partial charge in [0.15, 0.2) is 0 Å². The van der Waals surface area contributed by atoms with Crippen LogP contribution in [0.25, 0.3) is 0 Å². The lowest BCUT2D eigenvalue weighted by atomic mass is 9.91. The van der Waals surface area contributed by atoms with Crippen molar-refractivity contribution < 1.29 is 35.1 Å². The highest BCUT2D eigenvalue weighted by Gasteiger charge is 2.31. The summed E-state index contributed by atoms with van der Waals surface area (Å²) >= 11 is 0. The van der Waals surface area contributed by atoms with Gasteiger partial charge in [-0.1, -0.05) is 62.6 Å². The number of nitrogens with two attached hydrogens (primary N) is 1. The fourth-order valence-corrected chi connectivity index (χ4v) is 5.98. The van der Waals surface area contributed by atoms with E-state index >= 15 is 0 Å². The van der Waals surface area contributed by atoms with Crippen LogP contribution in [-0.2, 0) is 19.4 Å². The number of nitrogens with one attached hydrogen (secondary N) is 2. The van der Waals surface area contributed by atoms with Gasteiger partial charge in [-0.3, -0.25) is 19.5 Å². The average molecular weight is 709 g/mol. The van der Waals surface area contributed by atoms with Crippen molar-refractivity contribution in [3.63, 3.8) is 0 Å². The number of amides is 2. The number of rotatable bonds is 24. The second kappa shape index (κ2) is 22.2. The predicted molar refractivity (Wildman–Crippen MR) is 195 cm³/mol. The van der Waals surface area contributed by atoms with Crippen LogP contribution in [0.1, 0.15) is 75.8 Å². The Morgan fingerprint density at radius 3 is 2.27 bits per heavy atom. The molecule has 0 fully saturated rings. The molecule has 9 N–H and O–H groups in total. The van der Waals surface area contributed by atoms with Crippen molar-refractivity contribution >= 4 is 11.8 Å². The van der Waals surface area contributed by atoms with Crippen molar-refractivity contribution in [3.8, 4) is 0 Å². The topological polar surface area (TPSA) is 214 Å². The quantitative estimate of drug-likeness (QED) is 0.0618. The summed E-state index contributed by atoms with van der Waals surface area (Å²) in [6.07, 6.45) is 2.07. The maximum absolute atomic E-state index is 13.0. The summed E-state index contributed by atoms with van der Waals surface area (Å²) in [5, 5.41) is 56.0. The zero-order chi connectivity index (χ0) is 37.2. The zero-order valence-electron chi connectivity index (χ0n) is 29.8. The molecule has 13 nitrogen and oxygen atoms in total. The summed E-state index contributed by atoms with van der Waals surface area (Å²) in [6, 6.07) is 15.6. The molecule has 5 atom stereocenters. The second-order valence-corrected chi connectivity index (χ2v) is 13.2. The first-order valence-electron chi connectivity index (χ1n) is 17.8. The summed E-state index contributed by atoms with van der Waals surface area (Å²) in [5.74, 6) is -0.732. The van der Waals surface area contributed by atoms with Crippen LogP contribution in [-0.4, -0.2) is 116 Å². The highest BCUT2D eigenvalue weighted by atomic mass is 16.4. The number of carbonyl (C=O) groups is 2. The molecular weight excluding hydrogens is 652 g/mol. The van der Waals surface area contributed by atoms with E-state index in [4.69, 9.17) is 10.8 Å². The molecule has 2 aromatic carbocycles. The molecule has 0 aliphatic heterocycles. The third kappa shape index (κ3) is 14.0. The Balaban J connectivity index is 1.54. The molecule has 13 heteroatoms. The van der Waals surface area contributed by atoms with E-state index in [0.717, 1.165) is 37.7 Å². The molecule has 3 aromatic rings. The van der Waals surface area contributed by atoms with Crippen LogP contribution in [0.5, 0.6) is 0 Å². The average Bonchev–Trinajstić information content (AvgIpc) is 3.13. The molecule has 2 amide bonds. The molecular formula is C38H56N6O7. The maximum Gasteiger partial charge on any atom is 0.269 e. The fraction of sp³-hybridized carbons (Fsp3) is 0.526. The summed E-state index contributed by atoms with van der Waals surface area (Å²) in [4.78, 5) is 35.4. The van der Waals surface area contributed by atoms with Gasteiger partial charge in [-0.15, -0.1) is 0 Å². The number of aromatic nitrogens is 2. The molecule has 0 radical (unpaired) electrons. The van der Waals surface area contributed by atoms with Crippen LogP contribution in [0.4, 0.5) is 0 Å². The van der Waals surface area contributed by atoms with Gasteiger partial charge in [0.25, 0.3) is 11.8 Å². The number of aliphatic hydroxyl groups is 5. The van der Waals surface area contributed by atoms with Crippen molar-refractivity contribution in [2.75, 3.05) is 39.3 Å². The maximum atomic E-state index is 13.0. The Morgan fingerprint density at radius 2 is 1.59 bits per heavy atom. The molecule has 3 rings (SSSR count). The number of unbranched alkanes of at least 4 members (excludes halogenated alkanes) is 3. The van der Waals surface area contributed by atoms with E-state index < -0.39 is 36.9 Å². The minimum Gasteiger partial charge on any atom is -0.394 e. The lowest BCUT2D eigenvalue weighted by Gasteiger charge is -2.30. The van der Waals surface area contributed by atoms with E-state index in [1.807, 2.05) is 29.2 Å². The highest BCUT2D eigenvalue weighted by molar-refractivity contribution is 5.94. The fourth-order valence-electron chi connectivity index (χ4n) is 5.98. The molecule has 1 heterocycles. The summed E-state index contributed by atoms with van der Waals surface area (Å²) in [6.45, 7) is 6.01. The van der Waals surface area contributed by atoms with Gasteiger partial charge in [0, 0.05) is 44.1 Å². The molecule has 0 aliphatic carbocycles. The van der Waals surface area contributed by atoms with Gasteiger partial charge >= 0.3 is 0 Å². The molecule has 0 unspecified atom stereocenters. The molecule has 0 aliphatic rings. The van der Waals surface area contributed by atoms with Gasteiger partial charge in [-0.25, -0.2) is 4.98 Å².